The molecule has 0 radical (unpaired) electrons. The van der Waals surface area contributed by atoms with Gasteiger partial charge in [0.15, 0.2) is 0 Å². The van der Waals surface area contributed by atoms with Crippen molar-refractivity contribution in [1.82, 2.24) is 14.8 Å². The third-order valence-electron chi connectivity index (χ3n) is 5.90. The van der Waals surface area contributed by atoms with E-state index in [0.717, 1.165) is 37.8 Å². The fourth-order valence-corrected chi connectivity index (χ4v) is 4.18. The Labute approximate surface area is 181 Å². The van der Waals surface area contributed by atoms with Crippen molar-refractivity contribution < 1.29 is 4.79 Å². The molecule has 8 heteroatoms. The van der Waals surface area contributed by atoms with Crippen LogP contribution in [0, 0.1) is 11.8 Å². The normalized spacial score (nSPS) is 21.2. The summed E-state index contributed by atoms with van der Waals surface area (Å²) in [4.78, 5) is 21.5. The Hall–Kier alpha value is -0.590. The van der Waals surface area contributed by atoms with Gasteiger partial charge in [-0.15, -0.1) is 37.2 Å². The van der Waals surface area contributed by atoms with Crippen molar-refractivity contribution in [2.24, 2.45) is 17.6 Å². The Morgan fingerprint density at radius 3 is 2.04 bits per heavy atom. The molecule has 1 atom stereocenters. The molecule has 2 aliphatic heterocycles. The maximum atomic E-state index is 12.9. The molecule has 0 saturated carbocycles. The second-order valence-corrected chi connectivity index (χ2v) is 7.69. The molecule has 2 N–H and O–H groups in total. The average molecular weight is 440 g/mol. The number of amides is 1. The highest BCUT2D eigenvalue weighted by Gasteiger charge is 2.38. The number of halogens is 3. The number of carbonyl (C=O) groups is 1. The monoisotopic (exact) mass is 438 g/mol. The molecule has 3 heterocycles. The van der Waals surface area contributed by atoms with E-state index < -0.39 is 5.54 Å². The van der Waals surface area contributed by atoms with E-state index in [1.165, 1.54) is 25.9 Å². The van der Waals surface area contributed by atoms with Gasteiger partial charge in [0.1, 0.15) is 5.54 Å². The van der Waals surface area contributed by atoms with E-state index in [1.54, 1.807) is 13.1 Å². The minimum absolute atomic E-state index is 0. The van der Waals surface area contributed by atoms with Gasteiger partial charge < -0.3 is 15.5 Å². The first-order valence-electron chi connectivity index (χ1n) is 9.17. The highest BCUT2D eigenvalue weighted by molar-refractivity contribution is 5.86. The second-order valence-electron chi connectivity index (χ2n) is 7.69. The van der Waals surface area contributed by atoms with Crippen molar-refractivity contribution in [3.63, 3.8) is 0 Å². The Bertz CT molecular complexity index is 557. The van der Waals surface area contributed by atoms with Crippen LogP contribution in [0.25, 0.3) is 0 Å². The van der Waals surface area contributed by atoms with Gasteiger partial charge >= 0.3 is 0 Å². The molecule has 2 saturated heterocycles. The zero-order valence-electron chi connectivity index (χ0n) is 16.2. The van der Waals surface area contributed by atoms with E-state index in [9.17, 15) is 4.79 Å². The van der Waals surface area contributed by atoms with Gasteiger partial charge in [0.2, 0.25) is 5.91 Å². The van der Waals surface area contributed by atoms with Crippen molar-refractivity contribution in [3.05, 3.63) is 30.1 Å². The number of carbonyl (C=O) groups excluding carboxylic acids is 1. The minimum atomic E-state index is -1.04. The predicted octanol–water partition coefficient (Wildman–Crippen LogP) is 3.10. The number of nitrogens with zero attached hydrogens (tertiary/aromatic N) is 3. The van der Waals surface area contributed by atoms with Gasteiger partial charge in [-0.1, -0.05) is 6.07 Å². The Morgan fingerprint density at radius 1 is 1.04 bits per heavy atom. The van der Waals surface area contributed by atoms with Crippen LogP contribution in [-0.2, 0) is 10.3 Å². The summed E-state index contributed by atoms with van der Waals surface area (Å²) in [6.07, 6.45) is 6.52. The Balaban J connectivity index is 0.00000225. The Kier molecular flexibility index (Phi) is 11.2. The van der Waals surface area contributed by atoms with Crippen LogP contribution < -0.4 is 5.73 Å². The molecule has 0 unspecified atom stereocenters. The molecule has 2 fully saturated rings. The van der Waals surface area contributed by atoms with Gasteiger partial charge in [-0.25, -0.2) is 0 Å². The van der Waals surface area contributed by atoms with Crippen LogP contribution in [0.15, 0.2) is 24.4 Å². The van der Waals surface area contributed by atoms with Crippen LogP contribution in [0.4, 0.5) is 0 Å². The van der Waals surface area contributed by atoms with E-state index in [0.29, 0.717) is 5.69 Å². The molecule has 0 aromatic carbocycles. The molecular formula is C19H33Cl3N4O. The third-order valence-corrected chi connectivity index (χ3v) is 5.90. The van der Waals surface area contributed by atoms with Crippen molar-refractivity contribution in [1.29, 1.82) is 0 Å². The molecule has 27 heavy (non-hydrogen) atoms. The minimum Gasteiger partial charge on any atom is -0.341 e. The molecule has 1 aromatic rings. The van der Waals surface area contributed by atoms with Crippen LogP contribution in [0.5, 0.6) is 0 Å². The van der Waals surface area contributed by atoms with E-state index in [2.05, 4.69) is 16.9 Å². The fourth-order valence-electron chi connectivity index (χ4n) is 4.18. The van der Waals surface area contributed by atoms with Gasteiger partial charge in [0.25, 0.3) is 0 Å². The van der Waals surface area contributed by atoms with E-state index in [-0.39, 0.29) is 43.1 Å². The van der Waals surface area contributed by atoms with Crippen molar-refractivity contribution in [2.75, 3.05) is 33.2 Å². The first-order valence-corrected chi connectivity index (χ1v) is 9.17. The number of likely N-dealkylation sites (tertiary alicyclic amines) is 2. The summed E-state index contributed by atoms with van der Waals surface area (Å²) in [7, 11) is 2.21. The third kappa shape index (κ3) is 6.20. The summed E-state index contributed by atoms with van der Waals surface area (Å²) in [6.45, 7) is 5.86. The topological polar surface area (TPSA) is 62.5 Å². The predicted molar refractivity (Wildman–Crippen MR) is 117 cm³/mol. The van der Waals surface area contributed by atoms with Crippen LogP contribution in [0.3, 0.4) is 0 Å². The van der Waals surface area contributed by atoms with Crippen molar-refractivity contribution in [3.8, 4) is 0 Å². The average Bonchev–Trinajstić information content (AvgIpc) is 2.62. The number of hydrogen-bond donors (Lipinski definition) is 1. The largest absolute Gasteiger partial charge is 0.341 e. The smallest absolute Gasteiger partial charge is 0.248 e. The number of piperidine rings is 2. The lowest BCUT2D eigenvalue weighted by molar-refractivity contribution is -0.138. The molecule has 0 spiro atoms. The van der Waals surface area contributed by atoms with Crippen LogP contribution >= 0.6 is 37.2 Å². The molecule has 156 valence electrons. The molecular weight excluding hydrogens is 407 g/mol. The molecule has 1 aromatic heterocycles. The summed E-state index contributed by atoms with van der Waals surface area (Å²) >= 11 is 0. The summed E-state index contributed by atoms with van der Waals surface area (Å²) in [5.41, 5.74) is 5.95. The SMILES string of the molecule is CN1CCC(C2CCN(C(=O)[C@@](C)(N)c3ccccn3)CC2)CC1.Cl.Cl.Cl. The Morgan fingerprint density at radius 2 is 1.56 bits per heavy atom. The number of hydrogen-bond acceptors (Lipinski definition) is 4. The molecule has 0 bridgehead atoms. The second kappa shape index (κ2) is 11.4. The van der Waals surface area contributed by atoms with Gasteiger partial charge in [-0.05, 0) is 76.7 Å². The van der Waals surface area contributed by atoms with Crippen molar-refractivity contribution >= 4 is 43.1 Å². The van der Waals surface area contributed by atoms with Gasteiger partial charge in [-0.3, -0.25) is 9.78 Å². The lowest BCUT2D eigenvalue weighted by Gasteiger charge is -2.41. The lowest BCUT2D eigenvalue weighted by atomic mass is 9.78. The highest BCUT2D eigenvalue weighted by Crippen LogP contribution is 2.33. The summed E-state index contributed by atoms with van der Waals surface area (Å²) in [5.74, 6) is 1.60. The number of rotatable bonds is 3. The van der Waals surface area contributed by atoms with Crippen LogP contribution in [-0.4, -0.2) is 53.9 Å². The highest BCUT2D eigenvalue weighted by atomic mass is 35.5. The number of nitrogens with two attached hydrogens (primary N) is 1. The van der Waals surface area contributed by atoms with Crippen LogP contribution in [0.1, 0.15) is 38.3 Å². The summed E-state index contributed by atoms with van der Waals surface area (Å²) in [5, 5.41) is 0. The van der Waals surface area contributed by atoms with Gasteiger partial charge in [0.05, 0.1) is 5.69 Å². The fraction of sp³-hybridized carbons (Fsp3) is 0.684. The van der Waals surface area contributed by atoms with Gasteiger partial charge in [0, 0.05) is 19.3 Å². The zero-order valence-corrected chi connectivity index (χ0v) is 18.6. The van der Waals surface area contributed by atoms with E-state index >= 15 is 0 Å². The summed E-state index contributed by atoms with van der Waals surface area (Å²) < 4.78 is 0. The molecule has 5 nitrogen and oxygen atoms in total. The number of aromatic nitrogens is 1. The maximum absolute atomic E-state index is 12.9. The van der Waals surface area contributed by atoms with Gasteiger partial charge in [-0.2, -0.15) is 0 Å². The van der Waals surface area contributed by atoms with Crippen molar-refractivity contribution in [2.45, 2.75) is 38.1 Å². The standard InChI is InChI=1S/C19H30N4O.3ClH/c1-19(20,17-5-3-4-10-21-17)18(24)23-13-8-16(9-14-23)15-6-11-22(2)12-7-15;;;/h3-5,10,15-16H,6-9,11-14,20H2,1-2H3;3*1H/t19-;;;/m0.../s1. The lowest BCUT2D eigenvalue weighted by Crippen LogP contribution is -2.53. The molecule has 1 amide bonds. The quantitative estimate of drug-likeness (QED) is 0.786. The first-order chi connectivity index (χ1) is 11.5. The molecule has 3 rings (SSSR count). The first kappa shape index (κ1) is 26.4. The van der Waals surface area contributed by atoms with Crippen LogP contribution in [0.2, 0.25) is 0 Å². The molecule has 2 aliphatic rings. The zero-order chi connectivity index (χ0) is 17.2. The summed E-state index contributed by atoms with van der Waals surface area (Å²) in [6, 6.07) is 5.56. The molecule has 0 aliphatic carbocycles. The van der Waals surface area contributed by atoms with E-state index in [4.69, 9.17) is 5.73 Å². The maximum Gasteiger partial charge on any atom is 0.248 e. The van der Waals surface area contributed by atoms with E-state index in [1.807, 2.05) is 23.1 Å². The number of pyridine rings is 1.